The lowest BCUT2D eigenvalue weighted by Gasteiger charge is -2.34. The van der Waals surface area contributed by atoms with Crippen LogP contribution in [0.4, 0.5) is 0 Å². The van der Waals surface area contributed by atoms with Crippen LogP contribution in [0.5, 0.6) is 0 Å². The first-order valence-corrected chi connectivity index (χ1v) is 5.80. The average Bonchev–Trinajstić information content (AvgIpc) is 2.59. The van der Waals surface area contributed by atoms with Crippen molar-refractivity contribution in [2.75, 3.05) is 5.75 Å². The predicted octanol–water partition coefficient (Wildman–Crippen LogP) is 0.615. The molecule has 1 heterocycles. The van der Waals surface area contributed by atoms with Crippen molar-refractivity contribution in [3.05, 3.63) is 0 Å². The van der Waals surface area contributed by atoms with E-state index in [-0.39, 0.29) is 10.7 Å². The van der Waals surface area contributed by atoms with E-state index in [2.05, 4.69) is 5.32 Å². The Morgan fingerprint density at radius 1 is 1.50 bits per heavy atom. The highest BCUT2D eigenvalue weighted by molar-refractivity contribution is 8.01. The number of carboxylic acid groups (broad SMARTS) is 1. The summed E-state index contributed by atoms with van der Waals surface area (Å²) >= 11 is 1.52. The number of aliphatic carboxylic acids is 1. The number of carbonyl (C=O) groups excluding carboxylic acids is 1. The van der Waals surface area contributed by atoms with Crippen molar-refractivity contribution in [3.8, 4) is 0 Å². The van der Waals surface area contributed by atoms with Gasteiger partial charge in [0.25, 0.3) is 0 Å². The standard InChI is InChI=1S/C9H13NO3S/c11-7(12)6-5-14-9(8(13)10-6)3-1-2-4-9/h6H,1-5H2,(H,10,13)(H,11,12)/t6-/m0/s1. The second kappa shape index (κ2) is 3.46. The van der Waals surface area contributed by atoms with Crippen molar-refractivity contribution in [2.24, 2.45) is 0 Å². The van der Waals surface area contributed by atoms with Crippen LogP contribution in [-0.4, -0.2) is 33.5 Å². The second-order valence-electron chi connectivity index (χ2n) is 3.88. The Balaban J connectivity index is 2.07. The minimum atomic E-state index is -0.932. The molecular weight excluding hydrogens is 202 g/mol. The van der Waals surface area contributed by atoms with E-state index in [1.165, 1.54) is 11.8 Å². The summed E-state index contributed by atoms with van der Waals surface area (Å²) in [4.78, 5) is 22.4. The molecule has 1 amide bonds. The van der Waals surface area contributed by atoms with Crippen molar-refractivity contribution in [1.29, 1.82) is 0 Å². The molecule has 0 radical (unpaired) electrons. The molecule has 1 atom stereocenters. The van der Waals surface area contributed by atoms with Gasteiger partial charge in [-0.15, -0.1) is 11.8 Å². The Morgan fingerprint density at radius 3 is 2.64 bits per heavy atom. The van der Waals surface area contributed by atoms with E-state index < -0.39 is 12.0 Å². The largest absolute Gasteiger partial charge is 0.480 e. The molecule has 0 aromatic heterocycles. The minimum Gasteiger partial charge on any atom is -0.480 e. The molecule has 4 nitrogen and oxygen atoms in total. The highest BCUT2D eigenvalue weighted by Crippen LogP contribution is 2.43. The van der Waals surface area contributed by atoms with Crippen molar-refractivity contribution >= 4 is 23.6 Å². The summed E-state index contributed by atoms with van der Waals surface area (Å²) < 4.78 is -0.300. The van der Waals surface area contributed by atoms with E-state index >= 15 is 0 Å². The van der Waals surface area contributed by atoms with E-state index in [4.69, 9.17) is 5.11 Å². The summed E-state index contributed by atoms with van der Waals surface area (Å²) in [5.74, 6) is -0.501. The maximum Gasteiger partial charge on any atom is 0.327 e. The smallest absolute Gasteiger partial charge is 0.327 e. The minimum absolute atomic E-state index is 0.0707. The van der Waals surface area contributed by atoms with Gasteiger partial charge in [0.1, 0.15) is 6.04 Å². The number of rotatable bonds is 1. The molecule has 2 fully saturated rings. The quantitative estimate of drug-likeness (QED) is 0.672. The van der Waals surface area contributed by atoms with Crippen LogP contribution in [0.2, 0.25) is 0 Å². The molecule has 0 aromatic carbocycles. The summed E-state index contributed by atoms with van der Waals surface area (Å²) in [5.41, 5.74) is 0. The van der Waals surface area contributed by atoms with Crippen molar-refractivity contribution < 1.29 is 14.7 Å². The van der Waals surface area contributed by atoms with Crippen LogP contribution in [0.1, 0.15) is 25.7 Å². The van der Waals surface area contributed by atoms with Gasteiger partial charge >= 0.3 is 5.97 Å². The fourth-order valence-corrected chi connectivity index (χ4v) is 3.57. The van der Waals surface area contributed by atoms with Crippen LogP contribution in [0.15, 0.2) is 0 Å². The van der Waals surface area contributed by atoms with Crippen LogP contribution >= 0.6 is 11.8 Å². The number of hydrogen-bond acceptors (Lipinski definition) is 3. The average molecular weight is 215 g/mol. The van der Waals surface area contributed by atoms with Crippen LogP contribution in [-0.2, 0) is 9.59 Å². The monoisotopic (exact) mass is 215 g/mol. The van der Waals surface area contributed by atoms with Gasteiger partial charge in [0.15, 0.2) is 0 Å². The summed E-state index contributed by atoms with van der Waals surface area (Å²) in [5, 5.41) is 11.3. The second-order valence-corrected chi connectivity index (χ2v) is 5.28. The van der Waals surface area contributed by atoms with Crippen LogP contribution in [0.3, 0.4) is 0 Å². The molecule has 78 valence electrons. The number of hydrogen-bond donors (Lipinski definition) is 2. The van der Waals surface area contributed by atoms with E-state index in [1.54, 1.807) is 0 Å². The predicted molar refractivity (Wildman–Crippen MR) is 53.2 cm³/mol. The van der Waals surface area contributed by atoms with Gasteiger partial charge in [0, 0.05) is 5.75 Å². The molecular formula is C9H13NO3S. The van der Waals surface area contributed by atoms with Gasteiger partial charge in [-0.25, -0.2) is 4.79 Å². The summed E-state index contributed by atoms with van der Waals surface area (Å²) in [7, 11) is 0. The molecule has 1 aliphatic carbocycles. The summed E-state index contributed by atoms with van der Waals surface area (Å²) in [6, 6.07) is -0.696. The topological polar surface area (TPSA) is 66.4 Å². The summed E-state index contributed by atoms with van der Waals surface area (Å²) in [6.07, 6.45) is 3.96. The molecule has 0 unspecified atom stereocenters. The highest BCUT2D eigenvalue weighted by Gasteiger charge is 2.46. The summed E-state index contributed by atoms with van der Waals surface area (Å²) in [6.45, 7) is 0. The zero-order valence-electron chi connectivity index (χ0n) is 7.78. The Morgan fingerprint density at radius 2 is 2.14 bits per heavy atom. The number of thioether (sulfide) groups is 1. The van der Waals surface area contributed by atoms with Gasteiger partial charge < -0.3 is 10.4 Å². The van der Waals surface area contributed by atoms with E-state index in [0.717, 1.165) is 25.7 Å². The number of nitrogens with one attached hydrogen (secondary N) is 1. The third-order valence-corrected chi connectivity index (χ3v) is 4.60. The van der Waals surface area contributed by atoms with Crippen molar-refractivity contribution in [1.82, 2.24) is 5.32 Å². The number of carbonyl (C=O) groups is 2. The van der Waals surface area contributed by atoms with Crippen molar-refractivity contribution in [3.63, 3.8) is 0 Å². The molecule has 14 heavy (non-hydrogen) atoms. The fraction of sp³-hybridized carbons (Fsp3) is 0.778. The van der Waals surface area contributed by atoms with E-state index in [0.29, 0.717) is 5.75 Å². The highest BCUT2D eigenvalue weighted by atomic mass is 32.2. The van der Waals surface area contributed by atoms with Gasteiger partial charge in [-0.05, 0) is 12.8 Å². The van der Waals surface area contributed by atoms with E-state index in [9.17, 15) is 9.59 Å². The SMILES string of the molecule is O=C(O)[C@@H]1CSC2(CCCC2)C(=O)N1. The number of amides is 1. The normalized spacial score (nSPS) is 30.3. The lowest BCUT2D eigenvalue weighted by atomic mass is 10.1. The van der Waals surface area contributed by atoms with Crippen LogP contribution in [0.25, 0.3) is 0 Å². The maximum atomic E-state index is 11.7. The molecule has 2 aliphatic rings. The van der Waals surface area contributed by atoms with Crippen molar-refractivity contribution in [2.45, 2.75) is 36.5 Å². The maximum absolute atomic E-state index is 11.7. The van der Waals surface area contributed by atoms with Gasteiger partial charge in [-0.2, -0.15) is 0 Å². The Kier molecular flexibility index (Phi) is 2.43. The molecule has 1 spiro atoms. The van der Waals surface area contributed by atoms with Gasteiger partial charge in [-0.3, -0.25) is 4.79 Å². The molecule has 2 N–H and O–H groups in total. The fourth-order valence-electron chi connectivity index (χ4n) is 2.09. The first-order valence-electron chi connectivity index (χ1n) is 4.82. The molecule has 0 bridgehead atoms. The van der Waals surface area contributed by atoms with Crippen LogP contribution in [0, 0.1) is 0 Å². The molecule has 0 aromatic rings. The molecule has 2 rings (SSSR count). The van der Waals surface area contributed by atoms with Crippen LogP contribution < -0.4 is 5.32 Å². The lowest BCUT2D eigenvalue weighted by Crippen LogP contribution is -2.55. The van der Waals surface area contributed by atoms with Gasteiger partial charge in [0.05, 0.1) is 4.75 Å². The van der Waals surface area contributed by atoms with E-state index in [1.807, 2.05) is 0 Å². The molecule has 1 saturated heterocycles. The molecule has 5 heteroatoms. The zero-order valence-corrected chi connectivity index (χ0v) is 8.60. The zero-order chi connectivity index (χ0) is 10.2. The lowest BCUT2D eigenvalue weighted by molar-refractivity contribution is -0.141. The Bertz CT molecular complexity index is 273. The number of carboxylic acids is 1. The molecule has 1 aliphatic heterocycles. The van der Waals surface area contributed by atoms with Gasteiger partial charge in [0.2, 0.25) is 5.91 Å². The van der Waals surface area contributed by atoms with Gasteiger partial charge in [-0.1, -0.05) is 12.8 Å². The Hall–Kier alpha value is -0.710. The first kappa shape index (κ1) is 9.83. The Labute approximate surface area is 86.4 Å². The third-order valence-electron chi connectivity index (χ3n) is 2.95. The molecule has 1 saturated carbocycles. The first-order chi connectivity index (χ1) is 6.64. The third kappa shape index (κ3) is 1.49.